The molecule has 10 heteroatoms. The van der Waals surface area contributed by atoms with Gasteiger partial charge < -0.3 is 50.0 Å². The van der Waals surface area contributed by atoms with Crippen LogP contribution in [0.2, 0.25) is 0 Å². The lowest BCUT2D eigenvalue weighted by atomic mass is 10.1. The van der Waals surface area contributed by atoms with Gasteiger partial charge >= 0.3 is 0 Å². The maximum atomic E-state index is 9.81. The van der Waals surface area contributed by atoms with Gasteiger partial charge in [-0.1, -0.05) is 0 Å². The first-order valence-electron chi connectivity index (χ1n) is 6.48. The Morgan fingerprint density at radius 1 is 0.905 bits per heavy atom. The third kappa shape index (κ3) is 3.35. The topological polar surface area (TPSA) is 169 Å². The molecule has 0 amide bonds. The van der Waals surface area contributed by atoms with Gasteiger partial charge in [0.1, 0.15) is 42.7 Å². The highest BCUT2D eigenvalue weighted by atomic mass is 16.7. The molecule has 7 N–H and O–H groups in total. The molecule has 10 nitrogen and oxygen atoms in total. The van der Waals surface area contributed by atoms with Crippen LogP contribution in [0.3, 0.4) is 0 Å². The van der Waals surface area contributed by atoms with Crippen LogP contribution in [-0.2, 0) is 14.2 Å². The number of ether oxygens (including phenoxy) is 3. The van der Waals surface area contributed by atoms with E-state index < -0.39 is 68.5 Å². The van der Waals surface area contributed by atoms with E-state index in [0.717, 1.165) is 0 Å². The lowest BCUT2D eigenvalue weighted by Crippen LogP contribution is -2.42. The maximum absolute atomic E-state index is 9.81. The van der Waals surface area contributed by atoms with Crippen LogP contribution in [0.15, 0.2) is 0 Å². The average molecular weight is 312 g/mol. The molecule has 21 heavy (non-hydrogen) atoms. The zero-order chi connectivity index (χ0) is 15.7. The SMILES string of the molecule is OC[C@@H]1O[C@@H](OC[C@@H](O)[C@@H]2O[C@@H](O)[C@H](O)[C@H]2O)[C@H](O)[C@H]1O. The summed E-state index contributed by atoms with van der Waals surface area (Å²) in [7, 11) is 0. The molecular formula is C11H20O10. The molecule has 2 heterocycles. The van der Waals surface area contributed by atoms with E-state index in [4.69, 9.17) is 19.3 Å². The van der Waals surface area contributed by atoms with Gasteiger partial charge in [-0.05, 0) is 0 Å². The zero-order valence-electron chi connectivity index (χ0n) is 11.0. The molecule has 0 aromatic carbocycles. The van der Waals surface area contributed by atoms with E-state index in [0.29, 0.717) is 0 Å². The number of hydrogen-bond donors (Lipinski definition) is 7. The van der Waals surface area contributed by atoms with E-state index in [2.05, 4.69) is 0 Å². The van der Waals surface area contributed by atoms with Gasteiger partial charge in [0.2, 0.25) is 0 Å². The third-order valence-electron chi connectivity index (χ3n) is 3.58. The normalized spacial score (nSPS) is 48.7. The zero-order valence-corrected chi connectivity index (χ0v) is 11.0. The first-order chi connectivity index (χ1) is 9.86. The number of aliphatic hydroxyl groups excluding tert-OH is 7. The molecular weight excluding hydrogens is 292 g/mol. The fourth-order valence-electron chi connectivity index (χ4n) is 2.29. The first kappa shape index (κ1) is 17.0. The van der Waals surface area contributed by atoms with Crippen LogP contribution in [0.5, 0.6) is 0 Å². The van der Waals surface area contributed by atoms with Crippen molar-refractivity contribution in [2.24, 2.45) is 0 Å². The Bertz CT molecular complexity index is 341. The minimum atomic E-state index is -1.62. The van der Waals surface area contributed by atoms with Crippen LogP contribution < -0.4 is 0 Å². The lowest BCUT2D eigenvalue weighted by Gasteiger charge is -2.23. The number of rotatable bonds is 5. The summed E-state index contributed by atoms with van der Waals surface area (Å²) in [6.45, 7) is -0.961. The number of hydrogen-bond acceptors (Lipinski definition) is 10. The molecule has 0 aliphatic carbocycles. The monoisotopic (exact) mass is 312 g/mol. The van der Waals surface area contributed by atoms with E-state index in [1.165, 1.54) is 0 Å². The molecule has 2 saturated heterocycles. The molecule has 124 valence electrons. The molecule has 2 aliphatic heterocycles. The molecule has 0 spiro atoms. The smallest absolute Gasteiger partial charge is 0.186 e. The van der Waals surface area contributed by atoms with Crippen LogP contribution in [-0.4, -0.2) is 104 Å². The average Bonchev–Trinajstić information content (AvgIpc) is 2.89. The molecule has 0 aromatic rings. The molecule has 9 atom stereocenters. The van der Waals surface area contributed by atoms with E-state index in [1.807, 2.05) is 0 Å². The van der Waals surface area contributed by atoms with Gasteiger partial charge in [-0.25, -0.2) is 0 Å². The van der Waals surface area contributed by atoms with Crippen molar-refractivity contribution < 1.29 is 50.0 Å². The molecule has 0 aromatic heterocycles. The summed E-state index contributed by atoms with van der Waals surface area (Å²) in [6, 6.07) is 0. The van der Waals surface area contributed by atoms with Crippen molar-refractivity contribution in [2.75, 3.05) is 13.2 Å². The Morgan fingerprint density at radius 2 is 1.57 bits per heavy atom. The Balaban J connectivity index is 1.83. The standard InChI is InChI=1S/C11H20O10/c12-1-4-5(14)8(17)11(20-4)19-2-3(13)9-6(15)7(16)10(18)21-9/h3-18H,1-2H2/t3-,4+,5+,6-,7-,8-,9+,10-,11-/m1/s1. The molecule has 0 saturated carbocycles. The summed E-state index contributed by atoms with van der Waals surface area (Å²) in [5, 5.41) is 65.9. The Morgan fingerprint density at radius 3 is 2.05 bits per heavy atom. The van der Waals surface area contributed by atoms with Gasteiger partial charge in [0.05, 0.1) is 13.2 Å². The highest BCUT2D eigenvalue weighted by Crippen LogP contribution is 2.25. The highest BCUT2D eigenvalue weighted by molar-refractivity contribution is 4.91. The Hall–Kier alpha value is -0.400. The summed E-state index contributed by atoms with van der Waals surface area (Å²) in [6.07, 6.45) is -12.3. The highest BCUT2D eigenvalue weighted by Gasteiger charge is 2.47. The fraction of sp³-hybridized carbons (Fsp3) is 1.00. The maximum Gasteiger partial charge on any atom is 0.186 e. The predicted molar refractivity (Wildman–Crippen MR) is 62.6 cm³/mol. The molecule has 2 aliphatic rings. The lowest BCUT2D eigenvalue weighted by molar-refractivity contribution is -0.200. The fourth-order valence-corrected chi connectivity index (χ4v) is 2.29. The largest absolute Gasteiger partial charge is 0.394 e. The molecule has 0 bridgehead atoms. The van der Waals surface area contributed by atoms with Crippen LogP contribution in [0, 0.1) is 0 Å². The van der Waals surface area contributed by atoms with Crippen LogP contribution in [0.4, 0.5) is 0 Å². The second-order valence-electron chi connectivity index (χ2n) is 5.08. The van der Waals surface area contributed by atoms with Crippen LogP contribution in [0.25, 0.3) is 0 Å². The minimum absolute atomic E-state index is 0.451. The predicted octanol–water partition coefficient (Wildman–Crippen LogP) is -4.76. The Labute approximate surface area is 119 Å². The van der Waals surface area contributed by atoms with Crippen LogP contribution >= 0.6 is 0 Å². The van der Waals surface area contributed by atoms with Crippen molar-refractivity contribution >= 4 is 0 Å². The van der Waals surface area contributed by atoms with Crippen molar-refractivity contribution in [1.29, 1.82) is 0 Å². The van der Waals surface area contributed by atoms with Gasteiger partial charge in [-0.15, -0.1) is 0 Å². The van der Waals surface area contributed by atoms with Gasteiger partial charge in [0.25, 0.3) is 0 Å². The van der Waals surface area contributed by atoms with Crippen molar-refractivity contribution in [2.45, 2.75) is 55.3 Å². The van der Waals surface area contributed by atoms with Gasteiger partial charge in [-0.3, -0.25) is 0 Å². The van der Waals surface area contributed by atoms with Crippen LogP contribution in [0.1, 0.15) is 0 Å². The Kier molecular flexibility index (Phi) is 5.48. The molecule has 0 unspecified atom stereocenters. The van der Waals surface area contributed by atoms with Gasteiger partial charge in [-0.2, -0.15) is 0 Å². The number of aliphatic hydroxyl groups is 7. The molecule has 2 fully saturated rings. The summed E-state index contributed by atoms with van der Waals surface area (Å²) < 4.78 is 14.9. The van der Waals surface area contributed by atoms with Gasteiger partial charge in [0, 0.05) is 0 Å². The molecule has 2 rings (SSSR count). The summed E-state index contributed by atoms with van der Waals surface area (Å²) in [5.74, 6) is 0. The van der Waals surface area contributed by atoms with E-state index in [1.54, 1.807) is 0 Å². The van der Waals surface area contributed by atoms with Crippen molar-refractivity contribution in [3.63, 3.8) is 0 Å². The van der Waals surface area contributed by atoms with Gasteiger partial charge in [0.15, 0.2) is 12.6 Å². The first-order valence-corrected chi connectivity index (χ1v) is 6.48. The summed E-state index contributed by atoms with van der Waals surface area (Å²) >= 11 is 0. The van der Waals surface area contributed by atoms with E-state index in [9.17, 15) is 30.6 Å². The van der Waals surface area contributed by atoms with E-state index >= 15 is 0 Å². The van der Waals surface area contributed by atoms with Crippen molar-refractivity contribution in [1.82, 2.24) is 0 Å². The second-order valence-corrected chi connectivity index (χ2v) is 5.08. The third-order valence-corrected chi connectivity index (χ3v) is 3.58. The summed E-state index contributed by atoms with van der Waals surface area (Å²) in [5.41, 5.74) is 0. The molecule has 0 radical (unpaired) electrons. The van der Waals surface area contributed by atoms with Crippen molar-refractivity contribution in [3.05, 3.63) is 0 Å². The van der Waals surface area contributed by atoms with Crippen molar-refractivity contribution in [3.8, 4) is 0 Å². The quantitative estimate of drug-likeness (QED) is 0.261. The minimum Gasteiger partial charge on any atom is -0.394 e. The second kappa shape index (κ2) is 6.79. The van der Waals surface area contributed by atoms with E-state index in [-0.39, 0.29) is 0 Å². The summed E-state index contributed by atoms with van der Waals surface area (Å²) in [4.78, 5) is 0.